The molecule has 0 atom stereocenters. The summed E-state index contributed by atoms with van der Waals surface area (Å²) in [6, 6.07) is 11.4. The van der Waals surface area contributed by atoms with Crippen molar-refractivity contribution in [3.63, 3.8) is 0 Å². The van der Waals surface area contributed by atoms with Crippen molar-refractivity contribution < 1.29 is 9.53 Å². The minimum Gasteiger partial charge on any atom is -0.497 e. The number of benzene rings is 1. The summed E-state index contributed by atoms with van der Waals surface area (Å²) in [6.45, 7) is 0.361. The lowest BCUT2D eigenvalue weighted by Gasteiger charge is -2.02. The van der Waals surface area contributed by atoms with Gasteiger partial charge in [-0.15, -0.1) is 16.4 Å². The summed E-state index contributed by atoms with van der Waals surface area (Å²) in [6.07, 6.45) is 2.19. The molecular formula is C16H16N4O2S. The van der Waals surface area contributed by atoms with Crippen LogP contribution >= 0.6 is 11.3 Å². The minimum absolute atomic E-state index is 0.0218. The van der Waals surface area contributed by atoms with Crippen LogP contribution in [-0.2, 0) is 17.8 Å². The normalized spacial score (nSPS) is 10.5. The van der Waals surface area contributed by atoms with Crippen molar-refractivity contribution in [2.24, 2.45) is 0 Å². The first-order chi connectivity index (χ1) is 11.2. The summed E-state index contributed by atoms with van der Waals surface area (Å²) in [5, 5.41) is 13.0. The zero-order valence-electron chi connectivity index (χ0n) is 12.6. The zero-order chi connectivity index (χ0) is 16.1. The molecule has 0 saturated carbocycles. The van der Waals surface area contributed by atoms with E-state index < -0.39 is 0 Å². The Bertz CT molecular complexity index is 766. The van der Waals surface area contributed by atoms with Crippen molar-refractivity contribution in [2.45, 2.75) is 13.0 Å². The van der Waals surface area contributed by atoms with Gasteiger partial charge in [-0.05, 0) is 35.7 Å². The number of nitrogens with one attached hydrogen (secondary N) is 1. The number of rotatable bonds is 6. The molecule has 6 nitrogen and oxygen atoms in total. The molecule has 2 heterocycles. The van der Waals surface area contributed by atoms with E-state index in [-0.39, 0.29) is 5.91 Å². The van der Waals surface area contributed by atoms with Crippen molar-refractivity contribution in [2.75, 3.05) is 7.11 Å². The largest absolute Gasteiger partial charge is 0.497 e. The summed E-state index contributed by atoms with van der Waals surface area (Å²) in [4.78, 5) is 12.9. The van der Waals surface area contributed by atoms with E-state index in [1.54, 1.807) is 29.3 Å². The topological polar surface area (TPSA) is 69.0 Å². The van der Waals surface area contributed by atoms with E-state index in [0.29, 0.717) is 18.7 Å². The molecule has 0 aliphatic heterocycles. The molecule has 7 heteroatoms. The van der Waals surface area contributed by atoms with Gasteiger partial charge in [-0.3, -0.25) is 4.79 Å². The highest BCUT2D eigenvalue weighted by Gasteiger charge is 2.07. The molecule has 1 aromatic carbocycles. The van der Waals surface area contributed by atoms with Gasteiger partial charge in [-0.2, -0.15) is 0 Å². The van der Waals surface area contributed by atoms with Gasteiger partial charge in [-0.25, -0.2) is 4.68 Å². The van der Waals surface area contributed by atoms with Crippen molar-refractivity contribution >= 4 is 17.2 Å². The minimum atomic E-state index is -0.0218. The summed E-state index contributed by atoms with van der Waals surface area (Å²) >= 11 is 1.57. The van der Waals surface area contributed by atoms with Crippen molar-refractivity contribution in [3.8, 4) is 11.4 Å². The van der Waals surface area contributed by atoms with Gasteiger partial charge in [0.05, 0.1) is 32.0 Å². The molecule has 2 aromatic heterocycles. The Morgan fingerprint density at radius 3 is 2.83 bits per heavy atom. The molecule has 0 radical (unpaired) electrons. The van der Waals surface area contributed by atoms with Gasteiger partial charge in [-0.1, -0.05) is 11.3 Å². The molecule has 0 aliphatic carbocycles. The highest BCUT2D eigenvalue weighted by Crippen LogP contribution is 2.14. The van der Waals surface area contributed by atoms with Crippen LogP contribution < -0.4 is 10.1 Å². The number of hydrogen-bond donors (Lipinski definition) is 1. The molecule has 0 bridgehead atoms. The fraction of sp³-hybridized carbons (Fsp3) is 0.188. The first-order valence-corrected chi connectivity index (χ1v) is 7.97. The number of hydrogen-bond acceptors (Lipinski definition) is 5. The van der Waals surface area contributed by atoms with Crippen LogP contribution in [0.2, 0.25) is 0 Å². The molecular weight excluding hydrogens is 312 g/mol. The quantitative estimate of drug-likeness (QED) is 0.753. The molecule has 0 saturated heterocycles. The number of carbonyl (C=O) groups is 1. The Labute approximate surface area is 137 Å². The maximum Gasteiger partial charge on any atom is 0.225 e. The smallest absolute Gasteiger partial charge is 0.225 e. The third-order valence-electron chi connectivity index (χ3n) is 3.26. The Balaban J connectivity index is 1.57. The second-order valence-corrected chi connectivity index (χ2v) is 5.92. The van der Waals surface area contributed by atoms with E-state index in [0.717, 1.165) is 16.3 Å². The number of methoxy groups -OCH3 is 1. The highest BCUT2D eigenvalue weighted by molar-refractivity contribution is 7.10. The summed E-state index contributed by atoms with van der Waals surface area (Å²) in [7, 11) is 1.63. The van der Waals surface area contributed by atoms with Crippen molar-refractivity contribution in [1.82, 2.24) is 20.3 Å². The van der Waals surface area contributed by atoms with Crippen molar-refractivity contribution in [1.29, 1.82) is 0 Å². The fourth-order valence-corrected chi connectivity index (χ4v) is 2.77. The third kappa shape index (κ3) is 3.95. The average molecular weight is 328 g/mol. The van der Waals surface area contributed by atoms with Crippen LogP contribution in [0.5, 0.6) is 5.75 Å². The van der Waals surface area contributed by atoms with E-state index in [1.807, 2.05) is 41.8 Å². The van der Waals surface area contributed by atoms with Gasteiger partial charge in [0.25, 0.3) is 0 Å². The fourth-order valence-electron chi connectivity index (χ4n) is 2.06. The Kier molecular flexibility index (Phi) is 4.68. The summed E-state index contributed by atoms with van der Waals surface area (Å²) in [5.41, 5.74) is 1.59. The van der Waals surface area contributed by atoms with E-state index >= 15 is 0 Å². The predicted molar refractivity (Wildman–Crippen MR) is 87.8 cm³/mol. The molecule has 3 rings (SSSR count). The van der Waals surface area contributed by atoms with Gasteiger partial charge >= 0.3 is 0 Å². The van der Waals surface area contributed by atoms with Crippen molar-refractivity contribution in [3.05, 3.63) is 58.5 Å². The number of carbonyl (C=O) groups excluding carboxylic acids is 1. The molecule has 0 fully saturated rings. The first-order valence-electron chi connectivity index (χ1n) is 7.09. The third-order valence-corrected chi connectivity index (χ3v) is 4.14. The second kappa shape index (κ2) is 7.06. The van der Waals surface area contributed by atoms with Gasteiger partial charge in [0.1, 0.15) is 11.4 Å². The molecule has 3 aromatic rings. The molecule has 0 aliphatic rings. The Morgan fingerprint density at radius 2 is 2.13 bits per heavy atom. The highest BCUT2D eigenvalue weighted by atomic mass is 32.1. The summed E-state index contributed by atoms with van der Waals surface area (Å²) < 4.78 is 6.79. The van der Waals surface area contributed by atoms with E-state index in [2.05, 4.69) is 15.6 Å². The number of nitrogens with zero attached hydrogens (tertiary/aromatic N) is 3. The molecule has 0 spiro atoms. The maximum absolute atomic E-state index is 11.9. The molecule has 23 heavy (non-hydrogen) atoms. The predicted octanol–water partition coefficient (Wildman–Crippen LogP) is 2.20. The maximum atomic E-state index is 11.9. The van der Waals surface area contributed by atoms with Crippen LogP contribution in [0.25, 0.3) is 5.69 Å². The zero-order valence-corrected chi connectivity index (χ0v) is 13.4. The van der Waals surface area contributed by atoms with E-state index in [4.69, 9.17) is 4.74 Å². The lowest BCUT2D eigenvalue weighted by Crippen LogP contribution is -2.24. The van der Waals surface area contributed by atoms with Gasteiger partial charge < -0.3 is 10.1 Å². The second-order valence-electron chi connectivity index (χ2n) is 4.89. The van der Waals surface area contributed by atoms with Gasteiger partial charge in [0.2, 0.25) is 5.91 Å². The molecule has 118 valence electrons. The standard InChI is InChI=1S/C16H16N4O2S/c1-22-14-6-4-13(5-7-14)20-11-12(18-19-20)10-17-16(21)9-15-3-2-8-23-15/h2-8,11H,9-10H2,1H3,(H,17,21). The Hall–Kier alpha value is -2.67. The van der Waals surface area contributed by atoms with Gasteiger partial charge in [0.15, 0.2) is 0 Å². The molecule has 0 unspecified atom stereocenters. The molecule has 1 amide bonds. The lowest BCUT2D eigenvalue weighted by molar-refractivity contribution is -0.120. The number of amides is 1. The number of ether oxygens (including phenoxy) is 1. The van der Waals surface area contributed by atoms with Crippen LogP contribution in [0.3, 0.4) is 0 Å². The van der Waals surface area contributed by atoms with Crippen LogP contribution in [0.4, 0.5) is 0 Å². The monoisotopic (exact) mass is 328 g/mol. The number of aromatic nitrogens is 3. The van der Waals surface area contributed by atoms with Crippen LogP contribution in [0, 0.1) is 0 Å². The first kappa shape index (κ1) is 15.2. The van der Waals surface area contributed by atoms with E-state index in [9.17, 15) is 4.79 Å². The van der Waals surface area contributed by atoms with E-state index in [1.165, 1.54) is 0 Å². The summed E-state index contributed by atoms with van der Waals surface area (Å²) in [5.74, 6) is 0.765. The van der Waals surface area contributed by atoms with Crippen LogP contribution in [0.1, 0.15) is 10.6 Å². The SMILES string of the molecule is COc1ccc(-n2cc(CNC(=O)Cc3cccs3)nn2)cc1. The lowest BCUT2D eigenvalue weighted by atomic mass is 10.3. The number of thiophene rings is 1. The van der Waals surface area contributed by atoms with Gasteiger partial charge in [0, 0.05) is 4.88 Å². The average Bonchev–Trinajstić information content (AvgIpc) is 3.25. The van der Waals surface area contributed by atoms with Crippen LogP contribution in [0.15, 0.2) is 48.0 Å². The molecule has 1 N–H and O–H groups in total. The Morgan fingerprint density at radius 1 is 1.30 bits per heavy atom. The van der Waals surface area contributed by atoms with Crippen LogP contribution in [-0.4, -0.2) is 28.0 Å².